The summed E-state index contributed by atoms with van der Waals surface area (Å²) in [6.45, 7) is 1.94. The summed E-state index contributed by atoms with van der Waals surface area (Å²) in [4.78, 5) is 8.58. The smallest absolute Gasteiger partial charge is 0.206 e. The summed E-state index contributed by atoms with van der Waals surface area (Å²) in [7, 11) is -3.55. The van der Waals surface area contributed by atoms with E-state index in [1.807, 2.05) is 67.6 Å². The van der Waals surface area contributed by atoms with Gasteiger partial charge in [0.25, 0.3) is 0 Å². The van der Waals surface area contributed by atoms with Gasteiger partial charge in [0.1, 0.15) is 5.82 Å². The Labute approximate surface area is 168 Å². The second kappa shape index (κ2) is 6.57. The van der Waals surface area contributed by atoms with Crippen LogP contribution >= 0.6 is 0 Å². The maximum atomic E-state index is 13.0. The predicted molar refractivity (Wildman–Crippen MR) is 116 cm³/mol. The molecular formula is C24H18N2O2S. The Morgan fingerprint density at radius 3 is 2.24 bits per heavy atom. The molecule has 29 heavy (non-hydrogen) atoms. The third-order valence-electron chi connectivity index (χ3n) is 5.12. The van der Waals surface area contributed by atoms with Crippen LogP contribution in [0.4, 0.5) is 0 Å². The Kier molecular flexibility index (Phi) is 4.00. The molecule has 0 radical (unpaired) electrons. The van der Waals surface area contributed by atoms with Crippen LogP contribution in [0, 0.1) is 6.92 Å². The molecule has 5 aromatic rings. The third-order valence-corrected chi connectivity index (χ3v) is 6.88. The maximum absolute atomic E-state index is 13.0. The number of para-hydroxylation sites is 2. The Bertz CT molecular complexity index is 1430. The summed E-state index contributed by atoms with van der Waals surface area (Å²) in [6, 6.07) is 26.0. The highest BCUT2D eigenvalue weighted by molar-refractivity contribution is 7.91. The SMILES string of the molecule is Cc1ccc(S(=O)(=O)c2ccc3cc(-c4nc5ccccc5[nH]4)ccc3c2)cc1. The molecule has 1 heterocycles. The molecule has 5 heteroatoms. The highest BCUT2D eigenvalue weighted by Gasteiger charge is 2.18. The summed E-state index contributed by atoms with van der Waals surface area (Å²) >= 11 is 0. The van der Waals surface area contributed by atoms with Crippen molar-refractivity contribution in [2.45, 2.75) is 16.7 Å². The van der Waals surface area contributed by atoms with Crippen LogP contribution in [0.3, 0.4) is 0 Å². The van der Waals surface area contributed by atoms with Crippen molar-refractivity contribution in [1.29, 1.82) is 0 Å². The van der Waals surface area contributed by atoms with Gasteiger partial charge in [-0.25, -0.2) is 13.4 Å². The zero-order valence-electron chi connectivity index (χ0n) is 15.8. The molecule has 5 rings (SSSR count). The van der Waals surface area contributed by atoms with Gasteiger partial charge in [-0.3, -0.25) is 0 Å². The Morgan fingerprint density at radius 1 is 0.759 bits per heavy atom. The van der Waals surface area contributed by atoms with E-state index in [0.717, 1.165) is 38.8 Å². The van der Waals surface area contributed by atoms with Gasteiger partial charge in [0, 0.05) is 5.56 Å². The molecule has 0 aliphatic heterocycles. The quantitative estimate of drug-likeness (QED) is 0.435. The van der Waals surface area contributed by atoms with E-state index >= 15 is 0 Å². The molecule has 4 aromatic carbocycles. The van der Waals surface area contributed by atoms with Crippen molar-refractivity contribution >= 4 is 31.6 Å². The van der Waals surface area contributed by atoms with Gasteiger partial charge in [0.05, 0.1) is 20.8 Å². The normalized spacial score (nSPS) is 11.9. The summed E-state index contributed by atoms with van der Waals surface area (Å²) in [5.74, 6) is 0.796. The number of aryl methyl sites for hydroxylation is 1. The van der Waals surface area contributed by atoms with E-state index in [1.54, 1.807) is 24.3 Å². The highest BCUT2D eigenvalue weighted by atomic mass is 32.2. The fraction of sp³-hybridized carbons (Fsp3) is 0.0417. The second-order valence-electron chi connectivity index (χ2n) is 7.14. The van der Waals surface area contributed by atoms with Crippen LogP contribution in [-0.2, 0) is 9.84 Å². The summed E-state index contributed by atoms with van der Waals surface area (Å²) < 4.78 is 25.9. The molecule has 1 N–H and O–H groups in total. The van der Waals surface area contributed by atoms with Gasteiger partial charge in [-0.1, -0.05) is 48.0 Å². The van der Waals surface area contributed by atoms with E-state index in [2.05, 4.69) is 9.97 Å². The molecule has 1 aromatic heterocycles. The zero-order valence-corrected chi connectivity index (χ0v) is 16.6. The first-order valence-electron chi connectivity index (χ1n) is 9.31. The van der Waals surface area contributed by atoms with Crippen molar-refractivity contribution < 1.29 is 8.42 Å². The number of aromatic nitrogens is 2. The number of fused-ring (bicyclic) bond motifs is 2. The fourth-order valence-corrected chi connectivity index (χ4v) is 4.78. The fourth-order valence-electron chi connectivity index (χ4n) is 3.48. The molecule has 0 amide bonds. The maximum Gasteiger partial charge on any atom is 0.206 e. The number of benzene rings is 4. The topological polar surface area (TPSA) is 62.8 Å². The number of aromatic amines is 1. The van der Waals surface area contributed by atoms with E-state index in [-0.39, 0.29) is 0 Å². The number of imidazole rings is 1. The largest absolute Gasteiger partial charge is 0.338 e. The predicted octanol–water partition coefficient (Wildman–Crippen LogP) is 5.52. The van der Waals surface area contributed by atoms with E-state index in [9.17, 15) is 8.42 Å². The van der Waals surface area contributed by atoms with Crippen molar-refractivity contribution in [2.24, 2.45) is 0 Å². The van der Waals surface area contributed by atoms with E-state index in [1.165, 1.54) is 0 Å². The van der Waals surface area contributed by atoms with Gasteiger partial charge in [-0.2, -0.15) is 0 Å². The van der Waals surface area contributed by atoms with Crippen molar-refractivity contribution in [2.75, 3.05) is 0 Å². The van der Waals surface area contributed by atoms with Crippen LogP contribution in [0.1, 0.15) is 5.56 Å². The minimum atomic E-state index is -3.55. The van der Waals surface area contributed by atoms with Crippen LogP contribution in [0.15, 0.2) is 94.7 Å². The van der Waals surface area contributed by atoms with Crippen LogP contribution in [0.2, 0.25) is 0 Å². The number of hydrogen-bond acceptors (Lipinski definition) is 3. The monoisotopic (exact) mass is 398 g/mol. The van der Waals surface area contributed by atoms with Gasteiger partial charge < -0.3 is 4.98 Å². The standard InChI is InChI=1S/C24H18N2O2S/c1-16-6-11-20(12-7-16)29(27,28)21-13-10-17-14-19(9-8-18(17)15-21)24-25-22-4-2-3-5-23(22)26-24/h2-15H,1H3,(H,25,26). The molecule has 0 aliphatic rings. The first kappa shape index (κ1) is 17.6. The Hall–Kier alpha value is -3.44. The number of sulfone groups is 1. The minimum Gasteiger partial charge on any atom is -0.338 e. The van der Waals surface area contributed by atoms with Crippen molar-refractivity contribution in [1.82, 2.24) is 9.97 Å². The van der Waals surface area contributed by atoms with Gasteiger partial charge >= 0.3 is 0 Å². The Balaban J connectivity index is 1.56. The first-order chi connectivity index (χ1) is 14.0. The number of rotatable bonds is 3. The van der Waals surface area contributed by atoms with Gasteiger partial charge in [0.2, 0.25) is 9.84 Å². The molecule has 4 nitrogen and oxygen atoms in total. The van der Waals surface area contributed by atoms with Gasteiger partial charge in [-0.05, 0) is 60.2 Å². The van der Waals surface area contributed by atoms with Gasteiger partial charge in [0.15, 0.2) is 0 Å². The minimum absolute atomic E-state index is 0.297. The van der Waals surface area contributed by atoms with Crippen LogP contribution in [0.25, 0.3) is 33.2 Å². The summed E-state index contributed by atoms with van der Waals surface area (Å²) in [5.41, 5.74) is 3.90. The lowest BCUT2D eigenvalue weighted by molar-refractivity contribution is 0.596. The van der Waals surface area contributed by atoms with Crippen molar-refractivity contribution in [3.05, 3.63) is 90.5 Å². The summed E-state index contributed by atoms with van der Waals surface area (Å²) in [5, 5.41) is 1.84. The molecule has 0 aliphatic carbocycles. The van der Waals surface area contributed by atoms with E-state index < -0.39 is 9.84 Å². The molecule has 0 bridgehead atoms. The molecule has 0 spiro atoms. The number of H-pyrrole nitrogens is 1. The number of nitrogens with zero attached hydrogens (tertiary/aromatic N) is 1. The average Bonchev–Trinajstić information content (AvgIpc) is 3.17. The van der Waals surface area contributed by atoms with Crippen LogP contribution < -0.4 is 0 Å². The van der Waals surface area contributed by atoms with Gasteiger partial charge in [-0.15, -0.1) is 0 Å². The lowest BCUT2D eigenvalue weighted by atomic mass is 10.1. The lowest BCUT2D eigenvalue weighted by Gasteiger charge is -2.07. The number of nitrogens with one attached hydrogen (secondary N) is 1. The molecule has 0 saturated carbocycles. The number of hydrogen-bond donors (Lipinski definition) is 1. The molecule has 0 atom stereocenters. The first-order valence-corrected chi connectivity index (χ1v) is 10.8. The molecule has 0 fully saturated rings. The van der Waals surface area contributed by atoms with Crippen LogP contribution in [-0.4, -0.2) is 18.4 Å². The molecule has 0 unspecified atom stereocenters. The molecule has 0 saturated heterocycles. The summed E-state index contributed by atoms with van der Waals surface area (Å²) in [6.07, 6.45) is 0. The molecular weight excluding hydrogens is 380 g/mol. The van der Waals surface area contributed by atoms with Crippen molar-refractivity contribution in [3.8, 4) is 11.4 Å². The lowest BCUT2D eigenvalue weighted by Crippen LogP contribution is -2.01. The average molecular weight is 398 g/mol. The molecule has 142 valence electrons. The third kappa shape index (κ3) is 3.09. The zero-order chi connectivity index (χ0) is 20.0. The van der Waals surface area contributed by atoms with E-state index in [0.29, 0.717) is 9.79 Å². The second-order valence-corrected chi connectivity index (χ2v) is 9.09. The Morgan fingerprint density at radius 2 is 1.45 bits per heavy atom. The van der Waals surface area contributed by atoms with E-state index in [4.69, 9.17) is 0 Å². The van der Waals surface area contributed by atoms with Crippen molar-refractivity contribution in [3.63, 3.8) is 0 Å². The highest BCUT2D eigenvalue weighted by Crippen LogP contribution is 2.28. The van der Waals surface area contributed by atoms with Crippen LogP contribution in [0.5, 0.6) is 0 Å².